The van der Waals surface area contributed by atoms with Crippen LogP contribution in [-0.4, -0.2) is 0 Å². The van der Waals surface area contributed by atoms with Crippen molar-refractivity contribution in [1.82, 2.24) is 0 Å². The van der Waals surface area contributed by atoms with Crippen molar-refractivity contribution in [3.8, 4) is 0 Å². The molecule has 0 unspecified atom stereocenters. The average molecular weight is 213 g/mol. The van der Waals surface area contributed by atoms with Crippen LogP contribution in [0.25, 0.3) is 0 Å². The molecule has 3 heteroatoms. The Labute approximate surface area is 89.1 Å². The van der Waals surface area contributed by atoms with E-state index in [4.69, 9.17) is 0 Å². The molecule has 0 spiro atoms. The molecule has 0 aliphatic heterocycles. The Balaban J connectivity index is -0.000000163. The van der Waals surface area contributed by atoms with Crippen molar-refractivity contribution >= 4 is 24.8 Å². The molecule has 0 heterocycles. The predicted octanol–water partition coefficient (Wildman–Crippen LogP) is 2.84. The number of hydrogen-bond acceptors (Lipinski definition) is 0. The Morgan fingerprint density at radius 3 is 1.50 bits per heavy atom. The van der Waals surface area contributed by atoms with E-state index in [9.17, 15) is 0 Å². The summed E-state index contributed by atoms with van der Waals surface area (Å²) in [6, 6.07) is 10.3. The third-order valence-electron chi connectivity index (χ3n) is 0.940. The van der Waals surface area contributed by atoms with Crippen molar-refractivity contribution in [2.45, 2.75) is 6.92 Å². The van der Waals surface area contributed by atoms with Crippen molar-refractivity contribution in [3.63, 3.8) is 0 Å². The van der Waals surface area contributed by atoms with Gasteiger partial charge < -0.3 is 0 Å². The number of aryl methyl sites for hydroxylation is 1. The number of hydrogen-bond donors (Lipinski definition) is 0. The summed E-state index contributed by atoms with van der Waals surface area (Å²) in [4.78, 5) is 0. The third kappa shape index (κ3) is 6.63. The van der Waals surface area contributed by atoms with Gasteiger partial charge in [0.2, 0.25) is 0 Å². The Kier molecular flexibility index (Phi) is 16.0. The van der Waals surface area contributed by atoms with E-state index in [0.29, 0.717) is 0 Å². The molecule has 56 valence electrons. The summed E-state index contributed by atoms with van der Waals surface area (Å²) < 4.78 is 0. The van der Waals surface area contributed by atoms with Crippen LogP contribution in [0.1, 0.15) is 5.56 Å². The molecule has 0 nitrogen and oxygen atoms in total. The molecule has 0 radical (unpaired) electrons. The fraction of sp³-hybridized carbons (Fsp3) is 0.143. The monoisotopic (exact) mass is 212 g/mol. The Morgan fingerprint density at radius 1 is 0.900 bits per heavy atom. The molecule has 0 N–H and O–H groups in total. The minimum atomic E-state index is 0. The molecule has 0 atom stereocenters. The molecular weight excluding hydrogens is 203 g/mol. The van der Waals surface area contributed by atoms with Gasteiger partial charge >= 0.3 is 0 Å². The summed E-state index contributed by atoms with van der Waals surface area (Å²) in [6.45, 7) is 2.08. The summed E-state index contributed by atoms with van der Waals surface area (Å²) in [5, 5.41) is 0. The first kappa shape index (κ1) is 16.9. The van der Waals surface area contributed by atoms with Crippen LogP contribution in [0, 0.1) is 6.92 Å². The smallest absolute Gasteiger partial charge is 0 e. The first-order valence-corrected chi connectivity index (χ1v) is 2.41. The summed E-state index contributed by atoms with van der Waals surface area (Å²) in [7, 11) is 0. The summed E-state index contributed by atoms with van der Waals surface area (Å²) in [5.41, 5.74) is 1.32. The van der Waals surface area contributed by atoms with Crippen LogP contribution in [-0.2, 0) is 21.7 Å². The number of halogens is 2. The SMILES string of the molecule is Cc1ccccc1.Cl.Cl.[Ti]. The molecule has 0 aliphatic rings. The first-order chi connectivity index (χ1) is 3.39. The van der Waals surface area contributed by atoms with Gasteiger partial charge in [0.15, 0.2) is 0 Å². The molecule has 0 bridgehead atoms. The second-order valence-corrected chi connectivity index (χ2v) is 1.65. The van der Waals surface area contributed by atoms with Gasteiger partial charge in [-0.25, -0.2) is 0 Å². The second kappa shape index (κ2) is 9.51. The van der Waals surface area contributed by atoms with Gasteiger partial charge in [0.25, 0.3) is 0 Å². The maximum absolute atomic E-state index is 2.08. The molecule has 0 amide bonds. The molecular formula is C7H10Cl2Ti. The van der Waals surface area contributed by atoms with Crippen LogP contribution >= 0.6 is 24.8 Å². The molecule has 0 fully saturated rings. The van der Waals surface area contributed by atoms with Crippen molar-refractivity contribution < 1.29 is 21.7 Å². The minimum absolute atomic E-state index is 0. The Morgan fingerprint density at radius 2 is 1.30 bits per heavy atom. The molecule has 1 aromatic rings. The maximum atomic E-state index is 2.08. The zero-order chi connectivity index (χ0) is 5.11. The Hall–Kier alpha value is 0.514. The molecule has 0 saturated heterocycles. The summed E-state index contributed by atoms with van der Waals surface area (Å²) in [6.07, 6.45) is 0. The minimum Gasteiger partial charge on any atom is -0.147 e. The van der Waals surface area contributed by atoms with E-state index in [1.807, 2.05) is 18.2 Å². The Bertz CT molecular complexity index is 142. The first-order valence-electron chi connectivity index (χ1n) is 2.41. The third-order valence-corrected chi connectivity index (χ3v) is 0.940. The van der Waals surface area contributed by atoms with E-state index in [0.717, 1.165) is 0 Å². The molecule has 1 aromatic carbocycles. The zero-order valence-electron chi connectivity index (χ0n) is 5.70. The van der Waals surface area contributed by atoms with Crippen LogP contribution < -0.4 is 0 Å². The fourth-order valence-corrected chi connectivity index (χ4v) is 0.534. The average Bonchev–Trinajstić information content (AvgIpc) is 1.69. The molecule has 0 aliphatic carbocycles. The number of rotatable bonds is 0. The maximum Gasteiger partial charge on any atom is 0 e. The molecule has 1 rings (SSSR count). The van der Waals surface area contributed by atoms with Gasteiger partial charge in [0, 0.05) is 21.7 Å². The van der Waals surface area contributed by atoms with Crippen LogP contribution in [0.3, 0.4) is 0 Å². The molecule has 0 aromatic heterocycles. The van der Waals surface area contributed by atoms with Crippen LogP contribution in [0.2, 0.25) is 0 Å². The van der Waals surface area contributed by atoms with Gasteiger partial charge in [-0.2, -0.15) is 0 Å². The van der Waals surface area contributed by atoms with Gasteiger partial charge in [-0.05, 0) is 6.92 Å². The molecule has 0 saturated carbocycles. The fourth-order valence-electron chi connectivity index (χ4n) is 0.534. The van der Waals surface area contributed by atoms with E-state index in [1.54, 1.807) is 0 Å². The summed E-state index contributed by atoms with van der Waals surface area (Å²) in [5.74, 6) is 0. The van der Waals surface area contributed by atoms with E-state index in [1.165, 1.54) is 5.56 Å². The van der Waals surface area contributed by atoms with Gasteiger partial charge in [-0.3, -0.25) is 0 Å². The van der Waals surface area contributed by atoms with Crippen LogP contribution in [0.15, 0.2) is 30.3 Å². The van der Waals surface area contributed by atoms with Crippen molar-refractivity contribution in [1.29, 1.82) is 0 Å². The van der Waals surface area contributed by atoms with Gasteiger partial charge in [0.1, 0.15) is 0 Å². The van der Waals surface area contributed by atoms with Gasteiger partial charge in [-0.15, -0.1) is 24.8 Å². The normalized spacial score (nSPS) is 6.10. The van der Waals surface area contributed by atoms with Crippen LogP contribution in [0.4, 0.5) is 0 Å². The largest absolute Gasteiger partial charge is 0.147 e. The second-order valence-electron chi connectivity index (χ2n) is 1.65. The van der Waals surface area contributed by atoms with E-state index >= 15 is 0 Å². The van der Waals surface area contributed by atoms with E-state index in [-0.39, 0.29) is 46.5 Å². The summed E-state index contributed by atoms with van der Waals surface area (Å²) >= 11 is 0. The van der Waals surface area contributed by atoms with E-state index < -0.39 is 0 Å². The van der Waals surface area contributed by atoms with Crippen molar-refractivity contribution in [2.24, 2.45) is 0 Å². The van der Waals surface area contributed by atoms with Crippen molar-refractivity contribution in [3.05, 3.63) is 35.9 Å². The van der Waals surface area contributed by atoms with Crippen LogP contribution in [0.5, 0.6) is 0 Å². The topological polar surface area (TPSA) is 0 Å². The van der Waals surface area contributed by atoms with Crippen molar-refractivity contribution in [2.75, 3.05) is 0 Å². The van der Waals surface area contributed by atoms with E-state index in [2.05, 4.69) is 19.1 Å². The number of benzene rings is 1. The zero-order valence-corrected chi connectivity index (χ0v) is 8.90. The predicted molar refractivity (Wildman–Crippen MR) is 45.7 cm³/mol. The quantitative estimate of drug-likeness (QED) is 0.581. The van der Waals surface area contributed by atoms with Gasteiger partial charge in [-0.1, -0.05) is 35.9 Å². The van der Waals surface area contributed by atoms with Gasteiger partial charge in [0.05, 0.1) is 0 Å². The standard InChI is InChI=1S/C7H8.2ClH.Ti/c1-7-5-3-2-4-6-7;;;/h2-6H,1H3;2*1H;. The molecule has 10 heavy (non-hydrogen) atoms.